The molecule has 0 aliphatic rings. The molecule has 0 saturated carbocycles. The third-order valence-electron chi connectivity index (χ3n) is 2.77. The summed E-state index contributed by atoms with van der Waals surface area (Å²) in [5.74, 6) is -3.46. The second-order valence-corrected chi connectivity index (χ2v) is 4.51. The third-order valence-corrected chi connectivity index (χ3v) is 3.06. The Morgan fingerprint density at radius 2 is 1.75 bits per heavy atom. The summed E-state index contributed by atoms with van der Waals surface area (Å²) in [6.07, 6.45) is 0. The van der Waals surface area contributed by atoms with E-state index in [0.29, 0.717) is 5.56 Å². The van der Waals surface area contributed by atoms with E-state index in [1.807, 2.05) is 0 Å². The summed E-state index contributed by atoms with van der Waals surface area (Å²) in [6, 6.07) is 11.0. The van der Waals surface area contributed by atoms with Crippen molar-refractivity contribution in [2.24, 2.45) is 0 Å². The number of hydrogen-bond acceptors (Lipinski definition) is 1. The van der Waals surface area contributed by atoms with E-state index in [9.17, 15) is 13.2 Å². The van der Waals surface area contributed by atoms with Crippen molar-refractivity contribution in [1.29, 1.82) is 0 Å². The van der Waals surface area contributed by atoms with Crippen LogP contribution in [-0.2, 0) is 11.8 Å². The van der Waals surface area contributed by atoms with E-state index in [2.05, 4.69) is 0 Å². The maximum atomic E-state index is 13.9. The fourth-order valence-corrected chi connectivity index (χ4v) is 1.94. The summed E-state index contributed by atoms with van der Waals surface area (Å²) in [5.41, 5.74) is 0.213. The number of hydrogen-bond donors (Lipinski definition) is 0. The van der Waals surface area contributed by atoms with Crippen LogP contribution in [0.1, 0.15) is 11.1 Å². The summed E-state index contributed by atoms with van der Waals surface area (Å²) in [6.45, 7) is -0.827. The molecule has 0 atom stereocenters. The van der Waals surface area contributed by atoms with Crippen molar-refractivity contribution >= 4 is 11.6 Å². The van der Waals surface area contributed by atoms with Crippen molar-refractivity contribution in [3.8, 4) is 5.75 Å². The first kappa shape index (κ1) is 14.7. The zero-order valence-corrected chi connectivity index (χ0v) is 11.2. The van der Waals surface area contributed by atoms with Gasteiger partial charge < -0.3 is 4.74 Å². The van der Waals surface area contributed by atoms with Gasteiger partial charge in [-0.25, -0.2) is 4.39 Å². The molecule has 0 aliphatic heterocycles. The van der Waals surface area contributed by atoms with E-state index in [0.717, 1.165) is 6.07 Å². The molecule has 0 unspecified atom stereocenters. The lowest BCUT2D eigenvalue weighted by molar-refractivity contribution is -0.0469. The second-order valence-electron chi connectivity index (χ2n) is 4.24. The van der Waals surface area contributed by atoms with Crippen molar-refractivity contribution in [1.82, 2.24) is 0 Å². The van der Waals surface area contributed by atoms with Gasteiger partial charge in [-0.3, -0.25) is 0 Å². The smallest absolute Gasteiger partial charge is 0.306 e. The van der Waals surface area contributed by atoms with Crippen LogP contribution in [0.3, 0.4) is 0 Å². The zero-order chi connectivity index (χ0) is 14.6. The number of alkyl halides is 3. The molecule has 0 N–H and O–H groups in total. The molecular weight excluding hydrogens is 289 g/mol. The molecule has 0 bridgehead atoms. The monoisotopic (exact) mass is 300 g/mol. The average Bonchev–Trinajstić information content (AvgIpc) is 2.46. The normalized spacial score (nSPS) is 11.4. The summed E-state index contributed by atoms with van der Waals surface area (Å²) in [7, 11) is 0. The lowest BCUT2D eigenvalue weighted by Crippen LogP contribution is -2.23. The molecule has 0 spiro atoms. The summed E-state index contributed by atoms with van der Waals surface area (Å²) in [4.78, 5) is 0. The van der Waals surface area contributed by atoms with Gasteiger partial charge in [0.15, 0.2) is 6.61 Å². The van der Waals surface area contributed by atoms with Gasteiger partial charge in [-0.15, -0.1) is 11.6 Å². The molecule has 0 fully saturated rings. The average molecular weight is 301 g/mol. The molecule has 2 aromatic carbocycles. The van der Waals surface area contributed by atoms with Gasteiger partial charge >= 0.3 is 5.92 Å². The molecule has 0 heterocycles. The predicted octanol–water partition coefficient (Wildman–Crippen LogP) is 4.74. The van der Waals surface area contributed by atoms with Crippen molar-refractivity contribution < 1.29 is 17.9 Å². The van der Waals surface area contributed by atoms with Gasteiger partial charge in [-0.05, 0) is 18.2 Å². The minimum atomic E-state index is -3.13. The highest BCUT2D eigenvalue weighted by Gasteiger charge is 2.32. The van der Waals surface area contributed by atoms with Crippen LogP contribution in [0.5, 0.6) is 5.75 Å². The van der Waals surface area contributed by atoms with Gasteiger partial charge in [-0.1, -0.05) is 30.3 Å². The van der Waals surface area contributed by atoms with Crippen LogP contribution in [0.2, 0.25) is 0 Å². The van der Waals surface area contributed by atoms with Crippen molar-refractivity contribution in [3.05, 3.63) is 65.5 Å². The van der Waals surface area contributed by atoms with Gasteiger partial charge in [0.05, 0.1) is 5.88 Å². The second kappa shape index (κ2) is 6.18. The van der Waals surface area contributed by atoms with E-state index >= 15 is 0 Å². The molecule has 5 heteroatoms. The van der Waals surface area contributed by atoms with E-state index in [1.165, 1.54) is 36.4 Å². The van der Waals surface area contributed by atoms with Gasteiger partial charge in [0.25, 0.3) is 0 Å². The van der Waals surface area contributed by atoms with Gasteiger partial charge in [-0.2, -0.15) is 8.78 Å². The summed E-state index contributed by atoms with van der Waals surface area (Å²) < 4.78 is 46.0. The van der Waals surface area contributed by atoms with Crippen LogP contribution in [0.15, 0.2) is 48.5 Å². The topological polar surface area (TPSA) is 9.23 Å². The predicted molar refractivity (Wildman–Crippen MR) is 71.8 cm³/mol. The van der Waals surface area contributed by atoms with Crippen molar-refractivity contribution in [2.75, 3.05) is 6.61 Å². The molecule has 2 aromatic rings. The fraction of sp³-hybridized carbons (Fsp3) is 0.200. The van der Waals surface area contributed by atoms with Gasteiger partial charge in [0, 0.05) is 11.1 Å². The van der Waals surface area contributed by atoms with Crippen LogP contribution in [0, 0.1) is 5.82 Å². The number of halogens is 4. The lowest BCUT2D eigenvalue weighted by Gasteiger charge is -2.18. The minimum absolute atomic E-state index is 0.00992. The van der Waals surface area contributed by atoms with E-state index in [1.54, 1.807) is 6.07 Å². The van der Waals surface area contributed by atoms with Crippen molar-refractivity contribution in [3.63, 3.8) is 0 Å². The first-order chi connectivity index (χ1) is 9.53. The first-order valence-electron chi connectivity index (χ1n) is 5.93. The molecule has 2 rings (SSSR count). The molecular formula is C15H12ClF3O. The Kier molecular flexibility index (Phi) is 4.55. The Hall–Kier alpha value is -1.68. The Bertz CT molecular complexity index is 573. The molecule has 106 valence electrons. The molecule has 1 nitrogen and oxygen atoms in total. The van der Waals surface area contributed by atoms with Crippen LogP contribution in [-0.4, -0.2) is 6.61 Å². The third kappa shape index (κ3) is 3.45. The zero-order valence-electron chi connectivity index (χ0n) is 10.5. The van der Waals surface area contributed by atoms with Crippen LogP contribution >= 0.6 is 11.6 Å². The first-order valence-corrected chi connectivity index (χ1v) is 6.47. The van der Waals surface area contributed by atoms with Crippen LogP contribution < -0.4 is 4.74 Å². The van der Waals surface area contributed by atoms with Crippen LogP contribution in [0.4, 0.5) is 13.2 Å². The molecule has 0 saturated heterocycles. The number of ether oxygens (including phenoxy) is 1. The summed E-state index contributed by atoms with van der Waals surface area (Å²) >= 11 is 5.64. The SMILES string of the molecule is Fc1ccc(OCC(F)(F)c2ccccc2)c(CCl)c1. The lowest BCUT2D eigenvalue weighted by atomic mass is 10.1. The highest BCUT2D eigenvalue weighted by molar-refractivity contribution is 6.17. The van der Waals surface area contributed by atoms with E-state index in [4.69, 9.17) is 16.3 Å². The van der Waals surface area contributed by atoms with Gasteiger partial charge in [0.1, 0.15) is 11.6 Å². The highest BCUT2D eigenvalue weighted by Crippen LogP contribution is 2.30. The van der Waals surface area contributed by atoms with Gasteiger partial charge in [0.2, 0.25) is 0 Å². The number of benzene rings is 2. The minimum Gasteiger partial charge on any atom is -0.487 e. The van der Waals surface area contributed by atoms with Crippen LogP contribution in [0.25, 0.3) is 0 Å². The Morgan fingerprint density at radius 1 is 1.05 bits per heavy atom. The fourth-order valence-electron chi connectivity index (χ4n) is 1.73. The standard InChI is InChI=1S/C15H12ClF3O/c16-9-11-8-13(17)6-7-14(11)20-10-15(18,19)12-4-2-1-3-5-12/h1-8H,9-10H2. The number of rotatable bonds is 5. The quantitative estimate of drug-likeness (QED) is 0.725. The maximum Gasteiger partial charge on any atom is 0.306 e. The van der Waals surface area contributed by atoms with E-state index < -0.39 is 18.3 Å². The Morgan fingerprint density at radius 3 is 2.40 bits per heavy atom. The molecule has 0 aliphatic carbocycles. The highest BCUT2D eigenvalue weighted by atomic mass is 35.5. The maximum absolute atomic E-state index is 13.9. The molecule has 0 amide bonds. The summed E-state index contributed by atoms with van der Waals surface area (Å²) in [5, 5.41) is 0. The largest absolute Gasteiger partial charge is 0.487 e. The molecule has 0 aromatic heterocycles. The van der Waals surface area contributed by atoms with Crippen molar-refractivity contribution in [2.45, 2.75) is 11.8 Å². The Balaban J connectivity index is 2.12. The Labute approximate surface area is 119 Å². The molecule has 0 radical (unpaired) electrons. The van der Waals surface area contributed by atoms with E-state index in [-0.39, 0.29) is 17.2 Å². The molecule has 20 heavy (non-hydrogen) atoms.